The molecule has 3 heterocycles. The zero-order valence-electron chi connectivity index (χ0n) is 22.6. The highest BCUT2D eigenvalue weighted by Crippen LogP contribution is 2.45. The molecule has 1 saturated carbocycles. The van der Waals surface area contributed by atoms with Crippen LogP contribution in [0.1, 0.15) is 48.7 Å². The van der Waals surface area contributed by atoms with Crippen LogP contribution in [0.15, 0.2) is 40.3 Å². The molecule has 1 aliphatic carbocycles. The van der Waals surface area contributed by atoms with E-state index in [0.29, 0.717) is 26.3 Å². The molecule has 3 aromatic heterocycles. The standard InChI is InChI=1S/C26H27F3N8O3S/c1-13-19-23(36-21(34-13)18-20(16-7-8-16)32-12-33-24(18)40-3)37(14(2)26(27,28)29)25(38)22(35-19)31-11-15-5-9-17(10-6-15)41(4,30)39/h5-6,9-10,12,14,16,30H,7-8,11H2,1-4H3,(H,31,35)/t14-,41?/m0/s1. The average Bonchev–Trinajstić information content (AvgIpc) is 3.76. The highest BCUT2D eigenvalue weighted by molar-refractivity contribution is 7.91. The van der Waals surface area contributed by atoms with Crippen LogP contribution in [0, 0.1) is 11.7 Å². The fraction of sp³-hybridized carbons (Fsp3) is 0.385. The van der Waals surface area contributed by atoms with E-state index in [1.54, 1.807) is 19.1 Å². The third kappa shape index (κ3) is 5.58. The van der Waals surface area contributed by atoms with Crippen LogP contribution in [0.25, 0.3) is 22.6 Å². The van der Waals surface area contributed by atoms with Crippen molar-refractivity contribution in [2.24, 2.45) is 0 Å². The van der Waals surface area contributed by atoms with Crippen molar-refractivity contribution in [2.75, 3.05) is 18.7 Å². The highest BCUT2D eigenvalue weighted by atomic mass is 32.2. The summed E-state index contributed by atoms with van der Waals surface area (Å²) in [6, 6.07) is 4.06. The normalized spacial score (nSPS) is 15.9. The minimum atomic E-state index is -4.76. The van der Waals surface area contributed by atoms with E-state index in [9.17, 15) is 22.2 Å². The van der Waals surface area contributed by atoms with E-state index < -0.39 is 27.5 Å². The van der Waals surface area contributed by atoms with Gasteiger partial charge in [0.05, 0.1) is 28.2 Å². The van der Waals surface area contributed by atoms with Crippen molar-refractivity contribution in [1.29, 1.82) is 4.78 Å². The maximum absolute atomic E-state index is 14.1. The smallest absolute Gasteiger partial charge is 0.409 e. The fourth-order valence-corrected chi connectivity index (χ4v) is 5.07. The van der Waals surface area contributed by atoms with E-state index in [-0.39, 0.29) is 46.8 Å². The van der Waals surface area contributed by atoms with Crippen LogP contribution in [-0.4, -0.2) is 53.2 Å². The SMILES string of the molecule is COc1ncnc(C2CC2)c1-c1nc(C)c2nc(NCc3ccc(S(C)(=N)=O)cc3)c(=O)n([C@@H](C)C(F)(F)F)c2n1. The molecule has 5 rings (SSSR count). The third-order valence-corrected chi connectivity index (χ3v) is 8.00. The monoisotopic (exact) mass is 588 g/mol. The molecular formula is C26H27F3N8O3S. The Labute approximate surface area is 233 Å². The molecule has 1 unspecified atom stereocenters. The fourth-order valence-electron chi connectivity index (χ4n) is 4.42. The minimum Gasteiger partial charge on any atom is -0.480 e. The first-order valence-corrected chi connectivity index (χ1v) is 14.6. The van der Waals surface area contributed by atoms with Crippen molar-refractivity contribution in [1.82, 2.24) is 29.5 Å². The predicted octanol–water partition coefficient (Wildman–Crippen LogP) is 4.61. The number of halogens is 3. The summed E-state index contributed by atoms with van der Waals surface area (Å²) in [6.45, 7) is 2.50. The van der Waals surface area contributed by atoms with E-state index >= 15 is 0 Å². The Bertz CT molecular complexity index is 1800. The van der Waals surface area contributed by atoms with Crippen molar-refractivity contribution < 1.29 is 22.1 Å². The maximum atomic E-state index is 14.1. The van der Waals surface area contributed by atoms with Crippen LogP contribution in [-0.2, 0) is 16.3 Å². The lowest BCUT2D eigenvalue weighted by Gasteiger charge is -2.22. The molecule has 0 spiro atoms. The number of anilines is 1. The van der Waals surface area contributed by atoms with Crippen molar-refractivity contribution in [3.8, 4) is 17.3 Å². The van der Waals surface area contributed by atoms with Gasteiger partial charge in [0, 0.05) is 23.6 Å². The molecular weight excluding hydrogens is 561 g/mol. The number of aromatic nitrogens is 6. The summed E-state index contributed by atoms with van der Waals surface area (Å²) in [5.41, 5.74) is 0.626. The average molecular weight is 589 g/mol. The van der Waals surface area contributed by atoms with Gasteiger partial charge in [0.2, 0.25) is 5.88 Å². The second kappa shape index (κ2) is 10.4. The van der Waals surface area contributed by atoms with Gasteiger partial charge in [-0.3, -0.25) is 9.36 Å². The Morgan fingerprint density at radius 1 is 1.17 bits per heavy atom. The Balaban J connectivity index is 1.65. The molecule has 2 atom stereocenters. The quantitative estimate of drug-likeness (QED) is 0.301. The minimum absolute atomic E-state index is 0.0195. The molecule has 0 amide bonds. The first-order chi connectivity index (χ1) is 19.3. The third-order valence-electron chi connectivity index (χ3n) is 6.83. The van der Waals surface area contributed by atoms with Gasteiger partial charge < -0.3 is 10.1 Å². The molecule has 1 aliphatic rings. The molecule has 0 saturated heterocycles. The largest absolute Gasteiger partial charge is 0.480 e. The van der Waals surface area contributed by atoms with Crippen molar-refractivity contribution in [3.05, 3.63) is 57.9 Å². The number of nitrogens with zero attached hydrogens (tertiary/aromatic N) is 6. The summed E-state index contributed by atoms with van der Waals surface area (Å²) in [5, 5.41) is 2.82. The van der Waals surface area contributed by atoms with Crippen LogP contribution in [0.4, 0.5) is 19.0 Å². The molecule has 41 heavy (non-hydrogen) atoms. The summed E-state index contributed by atoms with van der Waals surface area (Å²) < 4.78 is 67.8. The summed E-state index contributed by atoms with van der Waals surface area (Å²) in [6.07, 6.45) is -0.343. The number of hydrogen-bond donors (Lipinski definition) is 2. The van der Waals surface area contributed by atoms with E-state index in [4.69, 9.17) is 9.52 Å². The number of benzene rings is 1. The molecule has 216 valence electrons. The number of ether oxygens (including phenoxy) is 1. The van der Waals surface area contributed by atoms with Crippen LogP contribution < -0.4 is 15.6 Å². The molecule has 2 N–H and O–H groups in total. The van der Waals surface area contributed by atoms with Gasteiger partial charge in [-0.1, -0.05) is 12.1 Å². The lowest BCUT2D eigenvalue weighted by Crippen LogP contribution is -2.35. The highest BCUT2D eigenvalue weighted by Gasteiger charge is 2.40. The van der Waals surface area contributed by atoms with Gasteiger partial charge in [-0.2, -0.15) is 13.2 Å². The van der Waals surface area contributed by atoms with Gasteiger partial charge in [0.25, 0.3) is 5.56 Å². The number of hydrogen-bond acceptors (Lipinski definition) is 10. The van der Waals surface area contributed by atoms with Crippen molar-refractivity contribution in [3.63, 3.8) is 0 Å². The van der Waals surface area contributed by atoms with E-state index in [0.717, 1.165) is 19.8 Å². The first-order valence-electron chi connectivity index (χ1n) is 12.6. The van der Waals surface area contributed by atoms with Gasteiger partial charge in [-0.25, -0.2) is 33.9 Å². The number of alkyl halides is 3. The molecule has 0 aliphatic heterocycles. The van der Waals surface area contributed by atoms with Crippen molar-refractivity contribution in [2.45, 2.75) is 56.3 Å². The van der Waals surface area contributed by atoms with Gasteiger partial charge in [-0.05, 0) is 44.4 Å². The molecule has 11 nitrogen and oxygen atoms in total. The molecule has 0 bridgehead atoms. The van der Waals surface area contributed by atoms with E-state index in [1.807, 2.05) is 0 Å². The second-order valence-corrected chi connectivity index (χ2v) is 12.1. The zero-order chi connectivity index (χ0) is 29.7. The summed E-state index contributed by atoms with van der Waals surface area (Å²) in [7, 11) is -1.49. The first kappa shape index (κ1) is 28.4. The number of rotatable bonds is 8. The summed E-state index contributed by atoms with van der Waals surface area (Å²) >= 11 is 0. The van der Waals surface area contributed by atoms with Gasteiger partial charge >= 0.3 is 6.18 Å². The number of methoxy groups -OCH3 is 1. The lowest BCUT2D eigenvalue weighted by molar-refractivity contribution is -0.162. The molecule has 1 fully saturated rings. The van der Waals surface area contributed by atoms with Gasteiger partial charge in [0.15, 0.2) is 17.3 Å². The maximum Gasteiger partial charge on any atom is 0.409 e. The molecule has 4 aromatic rings. The topological polar surface area (TPSA) is 149 Å². The Hall–Kier alpha value is -4.14. The summed E-state index contributed by atoms with van der Waals surface area (Å²) in [4.78, 5) is 35.7. The Morgan fingerprint density at radius 3 is 2.44 bits per heavy atom. The molecule has 15 heteroatoms. The van der Waals surface area contributed by atoms with E-state index in [1.165, 1.54) is 31.8 Å². The van der Waals surface area contributed by atoms with Crippen LogP contribution in [0.5, 0.6) is 5.88 Å². The van der Waals surface area contributed by atoms with Crippen LogP contribution in [0.2, 0.25) is 0 Å². The zero-order valence-corrected chi connectivity index (χ0v) is 23.4. The Kier molecular flexibility index (Phi) is 7.17. The second-order valence-electron chi connectivity index (χ2n) is 9.92. The molecule has 0 radical (unpaired) electrons. The predicted molar refractivity (Wildman–Crippen MR) is 145 cm³/mol. The van der Waals surface area contributed by atoms with Crippen LogP contribution in [0.3, 0.4) is 0 Å². The number of aryl methyl sites for hydroxylation is 1. The molecule has 1 aromatic carbocycles. The Morgan fingerprint density at radius 2 is 1.85 bits per heavy atom. The number of nitrogens with one attached hydrogen (secondary N) is 2. The van der Waals surface area contributed by atoms with E-state index in [2.05, 4.69) is 30.2 Å². The van der Waals surface area contributed by atoms with Gasteiger partial charge in [0.1, 0.15) is 23.4 Å². The number of fused-ring (bicyclic) bond motifs is 1. The van der Waals surface area contributed by atoms with Gasteiger partial charge in [-0.15, -0.1) is 0 Å². The lowest BCUT2D eigenvalue weighted by atomic mass is 10.1. The summed E-state index contributed by atoms with van der Waals surface area (Å²) in [5.74, 6) is 0.0408. The van der Waals surface area contributed by atoms with Crippen LogP contribution >= 0.6 is 0 Å². The van der Waals surface area contributed by atoms with Crippen molar-refractivity contribution >= 4 is 26.7 Å².